The zero-order chi connectivity index (χ0) is 13.1. The van der Waals surface area contributed by atoms with E-state index in [-0.39, 0.29) is 5.75 Å². The van der Waals surface area contributed by atoms with E-state index in [1.807, 2.05) is 19.0 Å². The van der Waals surface area contributed by atoms with Gasteiger partial charge >= 0.3 is 0 Å². The summed E-state index contributed by atoms with van der Waals surface area (Å²) in [4.78, 5) is 10.3. The summed E-state index contributed by atoms with van der Waals surface area (Å²) in [5, 5.41) is 0. The first-order chi connectivity index (χ1) is 8.61. The van der Waals surface area contributed by atoms with Crippen LogP contribution in [0.4, 0.5) is 10.2 Å². The molecule has 1 aromatic carbocycles. The maximum absolute atomic E-state index is 13.6. The molecule has 0 bridgehead atoms. The van der Waals surface area contributed by atoms with Gasteiger partial charge in [0.05, 0.1) is 25.2 Å². The van der Waals surface area contributed by atoms with Crippen molar-refractivity contribution in [3.63, 3.8) is 0 Å². The van der Waals surface area contributed by atoms with Crippen molar-refractivity contribution >= 4 is 5.82 Å². The molecular formula is C13H14FN3O. The molecule has 0 fully saturated rings. The highest BCUT2D eigenvalue weighted by molar-refractivity contribution is 5.61. The molecule has 1 aromatic heterocycles. The normalized spacial score (nSPS) is 10.2. The van der Waals surface area contributed by atoms with Crippen molar-refractivity contribution in [2.45, 2.75) is 0 Å². The molecule has 0 atom stereocenters. The van der Waals surface area contributed by atoms with Gasteiger partial charge in [0.1, 0.15) is 5.82 Å². The number of rotatable bonds is 3. The van der Waals surface area contributed by atoms with Gasteiger partial charge in [-0.1, -0.05) is 0 Å². The number of halogens is 1. The summed E-state index contributed by atoms with van der Waals surface area (Å²) < 4.78 is 18.5. The molecule has 5 heteroatoms. The molecule has 0 spiro atoms. The molecule has 0 radical (unpaired) electrons. The zero-order valence-electron chi connectivity index (χ0n) is 10.5. The van der Waals surface area contributed by atoms with Gasteiger partial charge in [-0.15, -0.1) is 0 Å². The Hall–Kier alpha value is -2.17. The first-order valence-electron chi connectivity index (χ1n) is 5.45. The summed E-state index contributed by atoms with van der Waals surface area (Å²) in [5.74, 6) is 0.534. The van der Waals surface area contributed by atoms with Crippen LogP contribution in [-0.2, 0) is 0 Å². The van der Waals surface area contributed by atoms with Gasteiger partial charge in [0.25, 0.3) is 0 Å². The van der Waals surface area contributed by atoms with Gasteiger partial charge in [-0.25, -0.2) is 9.37 Å². The fourth-order valence-electron chi connectivity index (χ4n) is 1.54. The molecule has 0 N–H and O–H groups in total. The molecule has 18 heavy (non-hydrogen) atoms. The Bertz CT molecular complexity index is 558. The van der Waals surface area contributed by atoms with Crippen LogP contribution in [0.15, 0.2) is 30.6 Å². The lowest BCUT2D eigenvalue weighted by Gasteiger charge is -2.11. The number of hydrogen-bond acceptors (Lipinski definition) is 4. The third-order valence-electron chi connectivity index (χ3n) is 2.53. The van der Waals surface area contributed by atoms with Crippen LogP contribution >= 0.6 is 0 Å². The summed E-state index contributed by atoms with van der Waals surface area (Å²) in [6.07, 6.45) is 3.26. The van der Waals surface area contributed by atoms with Crippen LogP contribution in [0, 0.1) is 5.82 Å². The molecule has 0 saturated heterocycles. The van der Waals surface area contributed by atoms with E-state index in [4.69, 9.17) is 4.74 Å². The quantitative estimate of drug-likeness (QED) is 0.834. The predicted molar refractivity (Wildman–Crippen MR) is 68.3 cm³/mol. The highest BCUT2D eigenvalue weighted by atomic mass is 19.1. The van der Waals surface area contributed by atoms with E-state index in [0.29, 0.717) is 11.3 Å². The Balaban J connectivity index is 2.42. The van der Waals surface area contributed by atoms with E-state index in [2.05, 4.69) is 9.97 Å². The fraction of sp³-hybridized carbons (Fsp3) is 0.231. The second-order valence-electron chi connectivity index (χ2n) is 4.01. The number of methoxy groups -OCH3 is 1. The van der Waals surface area contributed by atoms with Crippen LogP contribution < -0.4 is 9.64 Å². The third-order valence-corrected chi connectivity index (χ3v) is 2.53. The van der Waals surface area contributed by atoms with Crippen molar-refractivity contribution in [3.8, 4) is 17.0 Å². The number of anilines is 1. The average Bonchev–Trinajstić information content (AvgIpc) is 2.38. The molecule has 0 saturated carbocycles. The SMILES string of the molecule is COc1ccc(-c2cncc(N(C)C)n2)cc1F. The molecule has 2 aromatic rings. The maximum Gasteiger partial charge on any atom is 0.165 e. The lowest BCUT2D eigenvalue weighted by atomic mass is 10.1. The molecule has 0 aliphatic heterocycles. The molecule has 2 rings (SSSR count). The summed E-state index contributed by atoms with van der Waals surface area (Å²) in [7, 11) is 5.19. The summed E-state index contributed by atoms with van der Waals surface area (Å²) in [6.45, 7) is 0. The Kier molecular flexibility index (Phi) is 3.41. The summed E-state index contributed by atoms with van der Waals surface area (Å²) >= 11 is 0. The van der Waals surface area contributed by atoms with Crippen molar-refractivity contribution in [2.75, 3.05) is 26.1 Å². The minimum Gasteiger partial charge on any atom is -0.494 e. The van der Waals surface area contributed by atoms with Crippen molar-refractivity contribution in [1.82, 2.24) is 9.97 Å². The molecule has 0 amide bonds. The predicted octanol–water partition coefficient (Wildman–Crippen LogP) is 2.36. The van der Waals surface area contributed by atoms with Gasteiger partial charge in [0, 0.05) is 19.7 Å². The van der Waals surface area contributed by atoms with E-state index in [1.54, 1.807) is 24.5 Å². The highest BCUT2D eigenvalue weighted by Crippen LogP contribution is 2.24. The summed E-state index contributed by atoms with van der Waals surface area (Å²) in [5.41, 5.74) is 1.30. The Morgan fingerprint density at radius 3 is 2.61 bits per heavy atom. The van der Waals surface area contributed by atoms with E-state index in [1.165, 1.54) is 13.2 Å². The number of ether oxygens (including phenoxy) is 1. The number of nitrogens with zero attached hydrogens (tertiary/aromatic N) is 3. The van der Waals surface area contributed by atoms with Crippen LogP contribution in [0.3, 0.4) is 0 Å². The monoisotopic (exact) mass is 247 g/mol. The highest BCUT2D eigenvalue weighted by Gasteiger charge is 2.07. The van der Waals surface area contributed by atoms with E-state index in [9.17, 15) is 4.39 Å². The standard InChI is InChI=1S/C13H14FN3O/c1-17(2)13-8-15-7-11(16-13)9-4-5-12(18-3)10(14)6-9/h4-8H,1-3H3. The Morgan fingerprint density at radius 1 is 1.22 bits per heavy atom. The zero-order valence-corrected chi connectivity index (χ0v) is 10.5. The molecular weight excluding hydrogens is 233 g/mol. The molecule has 4 nitrogen and oxygen atoms in total. The smallest absolute Gasteiger partial charge is 0.165 e. The van der Waals surface area contributed by atoms with Crippen molar-refractivity contribution in [1.29, 1.82) is 0 Å². The van der Waals surface area contributed by atoms with Gasteiger partial charge in [-0.3, -0.25) is 4.98 Å². The first-order valence-corrected chi connectivity index (χ1v) is 5.45. The minimum atomic E-state index is -0.410. The lowest BCUT2D eigenvalue weighted by Crippen LogP contribution is -2.11. The van der Waals surface area contributed by atoms with E-state index in [0.717, 1.165) is 5.82 Å². The van der Waals surface area contributed by atoms with Crippen molar-refractivity contribution in [3.05, 3.63) is 36.4 Å². The van der Waals surface area contributed by atoms with Crippen LogP contribution in [0.25, 0.3) is 11.3 Å². The Labute approximate surface area is 105 Å². The number of hydrogen-bond donors (Lipinski definition) is 0. The fourth-order valence-corrected chi connectivity index (χ4v) is 1.54. The van der Waals surface area contributed by atoms with Crippen LogP contribution in [0.5, 0.6) is 5.75 Å². The van der Waals surface area contributed by atoms with Crippen LogP contribution in [0.2, 0.25) is 0 Å². The van der Waals surface area contributed by atoms with E-state index >= 15 is 0 Å². The van der Waals surface area contributed by atoms with Crippen molar-refractivity contribution in [2.24, 2.45) is 0 Å². The topological polar surface area (TPSA) is 38.2 Å². The second-order valence-corrected chi connectivity index (χ2v) is 4.01. The third kappa shape index (κ3) is 2.40. The number of aromatic nitrogens is 2. The largest absolute Gasteiger partial charge is 0.494 e. The van der Waals surface area contributed by atoms with E-state index < -0.39 is 5.82 Å². The van der Waals surface area contributed by atoms with Gasteiger partial charge < -0.3 is 9.64 Å². The first kappa shape index (κ1) is 12.3. The van der Waals surface area contributed by atoms with Crippen LogP contribution in [-0.4, -0.2) is 31.2 Å². The molecule has 0 aliphatic rings. The van der Waals surface area contributed by atoms with Gasteiger partial charge in [0.2, 0.25) is 0 Å². The van der Waals surface area contributed by atoms with Gasteiger partial charge in [-0.2, -0.15) is 0 Å². The van der Waals surface area contributed by atoms with Crippen LogP contribution in [0.1, 0.15) is 0 Å². The van der Waals surface area contributed by atoms with Crippen molar-refractivity contribution < 1.29 is 9.13 Å². The molecule has 94 valence electrons. The number of benzene rings is 1. The molecule has 1 heterocycles. The van der Waals surface area contributed by atoms with Gasteiger partial charge in [0.15, 0.2) is 11.6 Å². The minimum absolute atomic E-state index is 0.218. The second kappa shape index (κ2) is 5.00. The lowest BCUT2D eigenvalue weighted by molar-refractivity contribution is 0.386. The summed E-state index contributed by atoms with van der Waals surface area (Å²) in [6, 6.07) is 4.72. The molecule has 0 aliphatic carbocycles. The Morgan fingerprint density at radius 2 is 2.00 bits per heavy atom. The maximum atomic E-state index is 13.6. The molecule has 0 unspecified atom stereocenters. The van der Waals surface area contributed by atoms with Gasteiger partial charge in [-0.05, 0) is 18.2 Å². The average molecular weight is 247 g/mol.